The summed E-state index contributed by atoms with van der Waals surface area (Å²) in [5.41, 5.74) is 0. The van der Waals surface area contributed by atoms with Gasteiger partial charge in [0.1, 0.15) is 0 Å². The summed E-state index contributed by atoms with van der Waals surface area (Å²) in [6.45, 7) is 0. The molecule has 0 aliphatic rings. The summed E-state index contributed by atoms with van der Waals surface area (Å²) in [6, 6.07) is 0. The Hall–Kier alpha value is 1.34. The van der Waals surface area contributed by atoms with Gasteiger partial charge in [0.05, 0.1) is 0 Å². The van der Waals surface area contributed by atoms with Crippen LogP contribution in [-0.2, 0) is 32.2 Å². The quantitative estimate of drug-likeness (QED) is 0.191. The summed E-state index contributed by atoms with van der Waals surface area (Å²) in [4.78, 5) is 0. The van der Waals surface area contributed by atoms with Crippen molar-refractivity contribution in [3.63, 3.8) is 0 Å². The molecule has 2 N–H and O–H groups in total. The van der Waals surface area contributed by atoms with E-state index in [0.29, 0.717) is 0 Å². The molecule has 0 saturated heterocycles. The molecule has 0 atom stereocenters. The molecule has 0 aromatic carbocycles. The zero-order chi connectivity index (χ0) is 12.6. The van der Waals surface area contributed by atoms with Gasteiger partial charge in [0.2, 0.25) is 0 Å². The second-order valence-corrected chi connectivity index (χ2v) is 3.14. The third kappa shape index (κ3) is 1750. The van der Waals surface area contributed by atoms with Gasteiger partial charge in [0.25, 0.3) is 11.4 Å². The van der Waals surface area contributed by atoms with Crippen molar-refractivity contribution in [2.45, 2.75) is 0 Å². The minimum atomic E-state index is -5.17. The molecule has 0 bridgehead atoms. The Labute approximate surface area is 126 Å². The van der Waals surface area contributed by atoms with Crippen LogP contribution in [-0.4, -0.2) is 94.5 Å². The molecule has 0 amide bonds. The molecule has 0 aromatic heterocycles. The summed E-state index contributed by atoms with van der Waals surface area (Å²) in [5.74, 6) is 0. The second-order valence-electron chi connectivity index (χ2n) is 1.05. The molecule has 16 heteroatoms. The Bertz CT molecular complexity index is 285. The van der Waals surface area contributed by atoms with Gasteiger partial charge in [-0.3, -0.25) is 25.9 Å². The van der Waals surface area contributed by atoms with Gasteiger partial charge in [-0.05, 0) is 0 Å². The van der Waals surface area contributed by atoms with E-state index in [1.165, 1.54) is 0 Å². The van der Waals surface area contributed by atoms with Crippen molar-refractivity contribution >= 4 is 78.3 Å². The van der Waals surface area contributed by atoms with E-state index in [-0.39, 0.29) is 46.1 Å². The average molecular weight is 323 g/mol. The van der Waals surface area contributed by atoms with E-state index >= 15 is 0 Å². The summed E-state index contributed by atoms with van der Waals surface area (Å²) in [6.07, 6.45) is 0. The van der Waals surface area contributed by atoms with Crippen molar-refractivity contribution in [2.75, 3.05) is 0 Å². The molecule has 11 nitrogen and oxygen atoms in total. The Balaban J connectivity index is -0.0000000358. The van der Waals surface area contributed by atoms with E-state index in [2.05, 4.69) is 0 Å². The fourth-order valence-electron chi connectivity index (χ4n) is 0. The summed E-state index contributed by atoms with van der Waals surface area (Å²) in [5, 5.41) is 0. The minimum absolute atomic E-state index is 0. The third-order valence-electron chi connectivity index (χ3n) is 0. The van der Waals surface area contributed by atoms with E-state index in [9.17, 15) is 0 Å². The Morgan fingerprint density at radius 3 is 0.750 bits per heavy atom. The average Bonchev–Trinajstić information content (AvgIpc) is 1.45. The topological polar surface area (TPSA) is 218 Å². The molecule has 0 unspecified atom stereocenters. The van der Waals surface area contributed by atoms with Crippen LogP contribution in [0, 0.1) is 0 Å². The van der Waals surface area contributed by atoms with Gasteiger partial charge in [-0.1, -0.05) is 0 Å². The van der Waals surface area contributed by atoms with Gasteiger partial charge >= 0.3 is 46.1 Å². The van der Waals surface area contributed by atoms with E-state index in [4.69, 9.17) is 48.4 Å². The van der Waals surface area contributed by atoms with Gasteiger partial charge in [-0.25, -0.2) is 0 Å². The fraction of sp³-hybridized carbons (Fsp3) is 0. The van der Waals surface area contributed by atoms with Gasteiger partial charge < -0.3 is 18.2 Å². The van der Waals surface area contributed by atoms with Crippen molar-refractivity contribution in [1.82, 2.24) is 0 Å². The first kappa shape index (κ1) is 30.4. The van der Waals surface area contributed by atoms with Crippen LogP contribution in [0.15, 0.2) is 0 Å². The maximum atomic E-state index is 8.67. The van der Waals surface area contributed by atoms with Crippen LogP contribution < -0.4 is 0 Å². The SMILES string of the molecule is O=S(=O)([O-])[O-].O=S(=O)([O-])[O-].O=S(O)O.[Mg+2].[Mg+2]. The molecule has 0 aliphatic carbocycles. The maximum Gasteiger partial charge on any atom is 2.00 e. The Morgan fingerprint density at radius 2 is 0.750 bits per heavy atom. The van der Waals surface area contributed by atoms with Gasteiger partial charge in [0.15, 0.2) is 0 Å². The molecule has 0 fully saturated rings. The van der Waals surface area contributed by atoms with E-state index in [1.807, 2.05) is 0 Å². The van der Waals surface area contributed by atoms with Crippen LogP contribution in [0.5, 0.6) is 0 Å². The Kier molecular flexibility index (Phi) is 27.4. The first-order chi connectivity index (χ1) is 5.73. The molecule has 0 saturated carbocycles. The minimum Gasteiger partial charge on any atom is -0.759 e. The van der Waals surface area contributed by atoms with Gasteiger partial charge in [-0.2, -0.15) is 4.21 Å². The predicted molar refractivity (Wildman–Crippen MR) is 45.9 cm³/mol. The third-order valence-corrected chi connectivity index (χ3v) is 0. The maximum absolute atomic E-state index is 8.67. The molecule has 0 spiro atoms. The molecule has 0 radical (unpaired) electrons. The zero-order valence-corrected chi connectivity index (χ0v) is 12.5. The fourth-order valence-corrected chi connectivity index (χ4v) is 0. The standard InChI is InChI=1S/2Mg.2H2O4S.H2O3S/c;;2*1-5(2,3)4;1-4(2)3/h;;2*(H2,1,2,3,4);(H2,1,2,3)/q2*+2;;;/p-4. The van der Waals surface area contributed by atoms with Crippen LogP contribution in [0.25, 0.3) is 0 Å². The summed E-state index contributed by atoms with van der Waals surface area (Å²) < 4.78 is 91.0. The van der Waals surface area contributed by atoms with Crippen molar-refractivity contribution in [2.24, 2.45) is 0 Å². The number of hydrogen-bond donors (Lipinski definition) is 2. The first-order valence-electron chi connectivity index (χ1n) is 1.87. The first-order valence-corrected chi connectivity index (χ1v) is 5.60. The Morgan fingerprint density at radius 1 is 0.750 bits per heavy atom. The molecule has 0 aromatic rings. The van der Waals surface area contributed by atoms with Crippen molar-refractivity contribution in [1.29, 1.82) is 0 Å². The van der Waals surface area contributed by atoms with Crippen LogP contribution in [0.4, 0.5) is 0 Å². The predicted octanol–water partition coefficient (Wildman–Crippen LogP) is -3.76. The van der Waals surface area contributed by atoms with Crippen LogP contribution >= 0.6 is 0 Å². The summed E-state index contributed by atoms with van der Waals surface area (Å²) >= 11 is -2.61. The van der Waals surface area contributed by atoms with Gasteiger partial charge in [0, 0.05) is 20.8 Å². The molecule has 90 valence electrons. The second kappa shape index (κ2) is 14.4. The van der Waals surface area contributed by atoms with Crippen molar-refractivity contribution < 1.29 is 48.4 Å². The zero-order valence-electron chi connectivity index (χ0n) is 7.21. The monoisotopic (exact) mass is 322 g/mol. The summed E-state index contributed by atoms with van der Waals surface area (Å²) in [7, 11) is -10.3. The van der Waals surface area contributed by atoms with Crippen LogP contribution in [0.3, 0.4) is 0 Å². The molecule has 0 heterocycles. The van der Waals surface area contributed by atoms with E-state index < -0.39 is 32.2 Å². The largest absolute Gasteiger partial charge is 2.00 e. The molecule has 0 aliphatic heterocycles. The van der Waals surface area contributed by atoms with Crippen molar-refractivity contribution in [3.05, 3.63) is 0 Å². The molecular weight excluding hydrogens is 321 g/mol. The van der Waals surface area contributed by atoms with E-state index in [1.54, 1.807) is 0 Å². The van der Waals surface area contributed by atoms with Gasteiger partial charge in [-0.15, -0.1) is 0 Å². The molecule has 0 rings (SSSR count). The van der Waals surface area contributed by atoms with Crippen molar-refractivity contribution in [3.8, 4) is 0 Å². The number of rotatable bonds is 0. The normalized spacial score (nSPS) is 9.44. The van der Waals surface area contributed by atoms with Crippen LogP contribution in [0.1, 0.15) is 0 Å². The van der Waals surface area contributed by atoms with E-state index in [0.717, 1.165) is 0 Å². The van der Waals surface area contributed by atoms with Crippen LogP contribution in [0.2, 0.25) is 0 Å². The molecular formula is H2Mg2O11S3. The smallest absolute Gasteiger partial charge is 0.759 e. The number of hydrogen-bond acceptors (Lipinski definition) is 9. The molecule has 16 heavy (non-hydrogen) atoms.